The summed E-state index contributed by atoms with van der Waals surface area (Å²) in [6.07, 6.45) is 1.65. The molecule has 3 heteroatoms. The summed E-state index contributed by atoms with van der Waals surface area (Å²) in [7, 11) is 0. The minimum atomic E-state index is -0.808. The van der Waals surface area contributed by atoms with Crippen LogP contribution in [0.1, 0.15) is 29.0 Å². The van der Waals surface area contributed by atoms with Crippen LogP contribution in [0.4, 0.5) is 0 Å². The molecule has 1 aliphatic carbocycles. The van der Waals surface area contributed by atoms with E-state index in [1.54, 1.807) is 0 Å². The average molecular weight is 205 g/mol. The van der Waals surface area contributed by atoms with Crippen LogP contribution in [0.2, 0.25) is 0 Å². The molecule has 3 nitrogen and oxygen atoms in total. The molecule has 2 atom stereocenters. The summed E-state index contributed by atoms with van der Waals surface area (Å²) in [5, 5.41) is 9.20. The highest BCUT2D eigenvalue weighted by Crippen LogP contribution is 2.33. The molecule has 0 amide bonds. The van der Waals surface area contributed by atoms with Gasteiger partial charge in [0.2, 0.25) is 0 Å². The van der Waals surface area contributed by atoms with Crippen LogP contribution < -0.4 is 5.73 Å². The summed E-state index contributed by atoms with van der Waals surface area (Å²) in [4.78, 5) is 11.2. The smallest absolute Gasteiger partial charge is 0.312 e. The maximum absolute atomic E-state index is 11.2. The van der Waals surface area contributed by atoms with E-state index < -0.39 is 11.9 Å². The van der Waals surface area contributed by atoms with Gasteiger partial charge in [-0.05, 0) is 36.5 Å². The van der Waals surface area contributed by atoms with Crippen LogP contribution >= 0.6 is 0 Å². The fraction of sp³-hybridized carbons (Fsp3) is 0.417. The topological polar surface area (TPSA) is 63.3 Å². The maximum Gasteiger partial charge on any atom is 0.312 e. The molecule has 0 heterocycles. The number of fused-ring (bicyclic) bond motifs is 1. The summed E-state index contributed by atoms with van der Waals surface area (Å²) in [5.41, 5.74) is 9.00. The van der Waals surface area contributed by atoms with Crippen molar-refractivity contribution in [2.75, 3.05) is 0 Å². The second-order valence-corrected chi connectivity index (χ2v) is 4.17. The van der Waals surface area contributed by atoms with Crippen LogP contribution in [0, 0.1) is 6.92 Å². The molecule has 2 unspecified atom stereocenters. The van der Waals surface area contributed by atoms with E-state index in [1.165, 1.54) is 0 Å². The third-order valence-electron chi connectivity index (χ3n) is 3.17. The van der Waals surface area contributed by atoms with E-state index in [4.69, 9.17) is 5.73 Å². The zero-order valence-electron chi connectivity index (χ0n) is 8.73. The number of hydrogen-bond donors (Lipinski definition) is 2. The van der Waals surface area contributed by atoms with Crippen LogP contribution in [0.25, 0.3) is 0 Å². The zero-order chi connectivity index (χ0) is 11.0. The average Bonchev–Trinajstić information content (AvgIpc) is 2.18. The van der Waals surface area contributed by atoms with Gasteiger partial charge in [0.25, 0.3) is 0 Å². The number of hydrogen-bond acceptors (Lipinski definition) is 2. The molecule has 0 saturated heterocycles. The summed E-state index contributed by atoms with van der Waals surface area (Å²) in [6.45, 7) is 1.95. The molecule has 1 aliphatic rings. The lowest BCUT2D eigenvalue weighted by Crippen LogP contribution is -2.38. The number of rotatable bonds is 1. The number of carbonyl (C=O) groups is 1. The van der Waals surface area contributed by atoms with E-state index in [1.807, 2.05) is 25.1 Å². The zero-order valence-corrected chi connectivity index (χ0v) is 8.73. The molecule has 80 valence electrons. The monoisotopic (exact) mass is 205 g/mol. The highest BCUT2D eigenvalue weighted by atomic mass is 16.4. The summed E-state index contributed by atoms with van der Waals surface area (Å²) in [5.74, 6) is -1.34. The predicted octanol–water partition coefficient (Wildman–Crippen LogP) is 1.44. The standard InChI is InChI=1S/C12H15NO2/c1-7-3-2-4-8-5-6-9(13)11(10(7)8)12(14)15/h2-4,9,11H,5-6,13H2,1H3,(H,14,15). The number of aliphatic carboxylic acids is 1. The lowest BCUT2D eigenvalue weighted by atomic mass is 9.77. The van der Waals surface area contributed by atoms with E-state index in [0.717, 1.165) is 29.5 Å². The Morgan fingerprint density at radius 3 is 2.93 bits per heavy atom. The molecule has 1 aromatic carbocycles. The van der Waals surface area contributed by atoms with Gasteiger partial charge in [-0.2, -0.15) is 0 Å². The van der Waals surface area contributed by atoms with Gasteiger partial charge in [-0.3, -0.25) is 4.79 Å². The van der Waals surface area contributed by atoms with Gasteiger partial charge in [0, 0.05) is 6.04 Å². The van der Waals surface area contributed by atoms with Gasteiger partial charge in [0.05, 0.1) is 5.92 Å². The third kappa shape index (κ3) is 1.63. The van der Waals surface area contributed by atoms with E-state index in [9.17, 15) is 9.90 Å². The molecule has 3 N–H and O–H groups in total. The number of carboxylic acids is 1. The van der Waals surface area contributed by atoms with E-state index in [0.29, 0.717) is 0 Å². The fourth-order valence-electron chi connectivity index (χ4n) is 2.41. The van der Waals surface area contributed by atoms with E-state index in [2.05, 4.69) is 0 Å². The summed E-state index contributed by atoms with van der Waals surface area (Å²) >= 11 is 0. The minimum Gasteiger partial charge on any atom is -0.481 e. The molecule has 0 bridgehead atoms. The van der Waals surface area contributed by atoms with Crippen LogP contribution in [-0.2, 0) is 11.2 Å². The van der Waals surface area contributed by atoms with Crippen molar-refractivity contribution < 1.29 is 9.90 Å². The molecule has 15 heavy (non-hydrogen) atoms. The SMILES string of the molecule is Cc1cccc2c1C(C(=O)O)C(N)CC2. The molecule has 0 fully saturated rings. The van der Waals surface area contributed by atoms with Crippen LogP contribution in [-0.4, -0.2) is 17.1 Å². The molecule has 0 aromatic heterocycles. The number of aryl methyl sites for hydroxylation is 2. The van der Waals surface area contributed by atoms with Crippen molar-refractivity contribution in [1.82, 2.24) is 0 Å². The van der Waals surface area contributed by atoms with Crippen molar-refractivity contribution in [2.24, 2.45) is 5.73 Å². The summed E-state index contributed by atoms with van der Waals surface area (Å²) < 4.78 is 0. The van der Waals surface area contributed by atoms with Crippen molar-refractivity contribution in [3.8, 4) is 0 Å². The van der Waals surface area contributed by atoms with Crippen molar-refractivity contribution in [2.45, 2.75) is 31.7 Å². The normalized spacial score (nSPS) is 24.7. The number of carboxylic acid groups (broad SMARTS) is 1. The Balaban J connectivity index is 2.55. The molecule has 0 saturated carbocycles. The quantitative estimate of drug-likeness (QED) is 0.729. The molecule has 0 aliphatic heterocycles. The third-order valence-corrected chi connectivity index (χ3v) is 3.17. The minimum absolute atomic E-state index is 0.254. The van der Waals surface area contributed by atoms with Crippen molar-refractivity contribution in [1.29, 1.82) is 0 Å². The van der Waals surface area contributed by atoms with E-state index in [-0.39, 0.29) is 6.04 Å². The van der Waals surface area contributed by atoms with Gasteiger partial charge in [-0.25, -0.2) is 0 Å². The van der Waals surface area contributed by atoms with Gasteiger partial charge in [0.15, 0.2) is 0 Å². The van der Waals surface area contributed by atoms with Crippen molar-refractivity contribution >= 4 is 5.97 Å². The second kappa shape index (κ2) is 3.66. The molecule has 2 rings (SSSR count). The second-order valence-electron chi connectivity index (χ2n) is 4.17. The molecule has 0 spiro atoms. The lowest BCUT2D eigenvalue weighted by Gasteiger charge is -2.29. The van der Waals surface area contributed by atoms with Gasteiger partial charge < -0.3 is 10.8 Å². The largest absolute Gasteiger partial charge is 0.481 e. The molecular weight excluding hydrogens is 190 g/mol. The molecule has 1 aromatic rings. The number of benzene rings is 1. The van der Waals surface area contributed by atoms with Crippen LogP contribution in [0.3, 0.4) is 0 Å². The highest BCUT2D eigenvalue weighted by molar-refractivity contribution is 5.78. The Labute approximate surface area is 88.9 Å². The highest BCUT2D eigenvalue weighted by Gasteiger charge is 2.33. The first kappa shape index (κ1) is 10.2. The Morgan fingerprint density at radius 2 is 2.27 bits per heavy atom. The van der Waals surface area contributed by atoms with E-state index >= 15 is 0 Å². The Morgan fingerprint density at radius 1 is 1.53 bits per heavy atom. The lowest BCUT2D eigenvalue weighted by molar-refractivity contribution is -0.139. The predicted molar refractivity (Wildman–Crippen MR) is 57.9 cm³/mol. The van der Waals surface area contributed by atoms with Gasteiger partial charge in [-0.1, -0.05) is 18.2 Å². The van der Waals surface area contributed by atoms with Crippen molar-refractivity contribution in [3.05, 3.63) is 34.9 Å². The Bertz CT molecular complexity index is 401. The van der Waals surface area contributed by atoms with Crippen LogP contribution in [0.5, 0.6) is 0 Å². The first-order chi connectivity index (χ1) is 7.11. The molecule has 0 radical (unpaired) electrons. The van der Waals surface area contributed by atoms with Crippen molar-refractivity contribution in [3.63, 3.8) is 0 Å². The fourth-order valence-corrected chi connectivity index (χ4v) is 2.41. The molecular formula is C12H15NO2. The first-order valence-electron chi connectivity index (χ1n) is 5.18. The summed E-state index contributed by atoms with van der Waals surface area (Å²) in [6, 6.07) is 5.68. The van der Waals surface area contributed by atoms with Crippen LogP contribution in [0.15, 0.2) is 18.2 Å². The maximum atomic E-state index is 11.2. The first-order valence-corrected chi connectivity index (χ1v) is 5.18. The van der Waals surface area contributed by atoms with Gasteiger partial charge in [-0.15, -0.1) is 0 Å². The van der Waals surface area contributed by atoms with Gasteiger partial charge in [0.1, 0.15) is 0 Å². The van der Waals surface area contributed by atoms with Gasteiger partial charge >= 0.3 is 5.97 Å². The Kier molecular flexibility index (Phi) is 2.49. The Hall–Kier alpha value is -1.35. The number of nitrogens with two attached hydrogens (primary N) is 1.